The SMILES string of the molecule is CN1CC(CS)C(c2nccn2C)C1. The lowest BCUT2D eigenvalue weighted by molar-refractivity contribution is 0.401. The second-order valence-corrected chi connectivity index (χ2v) is 4.53. The predicted octanol–water partition coefficient (Wildman–Crippen LogP) is 0.995. The minimum atomic E-state index is 0.553. The van der Waals surface area contributed by atoms with E-state index < -0.39 is 0 Å². The van der Waals surface area contributed by atoms with Crippen LogP contribution >= 0.6 is 12.6 Å². The normalized spacial score (nSPS) is 28.5. The maximum Gasteiger partial charge on any atom is 0.113 e. The van der Waals surface area contributed by atoms with Crippen LogP contribution in [0.3, 0.4) is 0 Å². The van der Waals surface area contributed by atoms with Gasteiger partial charge >= 0.3 is 0 Å². The van der Waals surface area contributed by atoms with Gasteiger partial charge in [-0.15, -0.1) is 0 Å². The van der Waals surface area contributed by atoms with Crippen LogP contribution in [0.5, 0.6) is 0 Å². The van der Waals surface area contributed by atoms with Gasteiger partial charge in [-0.25, -0.2) is 4.98 Å². The Bertz CT molecular complexity index is 310. The molecule has 1 aliphatic heterocycles. The first-order valence-electron chi connectivity index (χ1n) is 4.99. The van der Waals surface area contributed by atoms with Gasteiger partial charge < -0.3 is 9.47 Å². The molecule has 0 bridgehead atoms. The van der Waals surface area contributed by atoms with Crippen molar-refractivity contribution in [3.8, 4) is 0 Å². The minimum Gasteiger partial charge on any atom is -0.338 e. The number of thiol groups is 1. The molecule has 1 aromatic rings. The number of hydrogen-bond donors (Lipinski definition) is 1. The molecule has 1 saturated heterocycles. The molecular formula is C10H17N3S. The smallest absolute Gasteiger partial charge is 0.113 e. The topological polar surface area (TPSA) is 21.1 Å². The highest BCUT2D eigenvalue weighted by Gasteiger charge is 2.33. The van der Waals surface area contributed by atoms with Crippen LogP contribution in [0.25, 0.3) is 0 Å². The summed E-state index contributed by atoms with van der Waals surface area (Å²) in [7, 11) is 4.23. The first kappa shape index (κ1) is 10.1. The largest absolute Gasteiger partial charge is 0.338 e. The highest BCUT2D eigenvalue weighted by Crippen LogP contribution is 2.31. The van der Waals surface area contributed by atoms with E-state index in [9.17, 15) is 0 Å². The van der Waals surface area contributed by atoms with E-state index in [4.69, 9.17) is 0 Å². The number of hydrogen-bond acceptors (Lipinski definition) is 3. The van der Waals surface area contributed by atoms with E-state index in [0.29, 0.717) is 11.8 Å². The lowest BCUT2D eigenvalue weighted by Crippen LogP contribution is -2.16. The fourth-order valence-electron chi connectivity index (χ4n) is 2.30. The van der Waals surface area contributed by atoms with Gasteiger partial charge in [-0.1, -0.05) is 0 Å². The van der Waals surface area contributed by atoms with Crippen molar-refractivity contribution < 1.29 is 0 Å². The quantitative estimate of drug-likeness (QED) is 0.737. The summed E-state index contributed by atoms with van der Waals surface area (Å²) in [5.41, 5.74) is 0. The van der Waals surface area contributed by atoms with Crippen LogP contribution in [-0.2, 0) is 7.05 Å². The molecule has 1 aromatic heterocycles. The summed E-state index contributed by atoms with van der Waals surface area (Å²) in [5, 5.41) is 0. The summed E-state index contributed by atoms with van der Waals surface area (Å²) in [6.07, 6.45) is 3.90. The van der Waals surface area contributed by atoms with Crippen molar-refractivity contribution in [3.05, 3.63) is 18.2 Å². The molecule has 1 aliphatic rings. The number of likely N-dealkylation sites (N-methyl/N-ethyl adjacent to an activating group) is 1. The Kier molecular flexibility index (Phi) is 2.83. The number of aromatic nitrogens is 2. The Balaban J connectivity index is 2.21. The molecule has 2 unspecified atom stereocenters. The molecule has 0 spiro atoms. The van der Waals surface area contributed by atoms with E-state index in [1.54, 1.807) is 0 Å². The third-order valence-corrected chi connectivity index (χ3v) is 3.52. The van der Waals surface area contributed by atoms with E-state index in [1.165, 1.54) is 5.82 Å². The number of likely N-dealkylation sites (tertiary alicyclic amines) is 1. The summed E-state index contributed by atoms with van der Waals surface area (Å²) in [6.45, 7) is 2.25. The van der Waals surface area contributed by atoms with Gasteiger partial charge in [0.15, 0.2) is 0 Å². The third-order valence-electron chi connectivity index (χ3n) is 3.05. The molecule has 0 amide bonds. The molecule has 0 aliphatic carbocycles. The van der Waals surface area contributed by atoms with Crippen molar-refractivity contribution in [1.82, 2.24) is 14.5 Å². The maximum absolute atomic E-state index is 4.43. The van der Waals surface area contributed by atoms with Crippen LogP contribution in [0.15, 0.2) is 12.4 Å². The average Bonchev–Trinajstić information content (AvgIpc) is 2.71. The maximum atomic E-state index is 4.43. The number of imidazole rings is 1. The van der Waals surface area contributed by atoms with Gasteiger partial charge in [-0.05, 0) is 18.7 Å². The van der Waals surface area contributed by atoms with Gasteiger partial charge in [0.25, 0.3) is 0 Å². The summed E-state index contributed by atoms with van der Waals surface area (Å²) in [4.78, 5) is 6.79. The van der Waals surface area contributed by atoms with Crippen LogP contribution in [-0.4, -0.2) is 40.3 Å². The third kappa shape index (κ3) is 1.68. The molecular weight excluding hydrogens is 194 g/mol. The molecule has 2 heterocycles. The van der Waals surface area contributed by atoms with Gasteiger partial charge in [-0.2, -0.15) is 12.6 Å². The van der Waals surface area contributed by atoms with Crippen molar-refractivity contribution in [2.24, 2.45) is 13.0 Å². The average molecular weight is 211 g/mol. The summed E-state index contributed by atoms with van der Waals surface area (Å²) < 4.78 is 2.13. The monoisotopic (exact) mass is 211 g/mol. The van der Waals surface area contributed by atoms with Gasteiger partial charge in [-0.3, -0.25) is 0 Å². The Hall–Kier alpha value is -0.480. The molecule has 0 saturated carbocycles. The van der Waals surface area contributed by atoms with E-state index in [0.717, 1.165) is 18.8 Å². The van der Waals surface area contributed by atoms with Crippen LogP contribution in [0.1, 0.15) is 11.7 Å². The predicted molar refractivity (Wildman–Crippen MR) is 60.8 cm³/mol. The molecule has 4 heteroatoms. The molecule has 0 N–H and O–H groups in total. The Morgan fingerprint density at radius 1 is 1.50 bits per heavy atom. The van der Waals surface area contributed by atoms with Crippen molar-refractivity contribution in [2.75, 3.05) is 25.9 Å². The van der Waals surface area contributed by atoms with Gasteiger partial charge in [0.05, 0.1) is 0 Å². The first-order chi connectivity index (χ1) is 6.72. The second-order valence-electron chi connectivity index (χ2n) is 4.17. The number of nitrogens with zero attached hydrogens (tertiary/aromatic N) is 3. The van der Waals surface area contributed by atoms with Crippen LogP contribution in [0, 0.1) is 5.92 Å². The van der Waals surface area contributed by atoms with Gasteiger partial charge in [0.2, 0.25) is 0 Å². The number of aryl methyl sites for hydroxylation is 1. The fourth-order valence-corrected chi connectivity index (χ4v) is 2.67. The van der Waals surface area contributed by atoms with Crippen LogP contribution < -0.4 is 0 Å². The van der Waals surface area contributed by atoms with E-state index in [1.807, 2.05) is 12.4 Å². The molecule has 2 atom stereocenters. The first-order valence-corrected chi connectivity index (χ1v) is 5.62. The lowest BCUT2D eigenvalue weighted by atomic mass is 9.97. The molecule has 1 fully saturated rings. The summed E-state index contributed by atoms with van der Waals surface area (Å²) >= 11 is 4.42. The highest BCUT2D eigenvalue weighted by molar-refractivity contribution is 7.80. The van der Waals surface area contributed by atoms with Gasteiger partial charge in [0, 0.05) is 38.4 Å². The zero-order chi connectivity index (χ0) is 10.1. The van der Waals surface area contributed by atoms with Crippen LogP contribution in [0.4, 0.5) is 0 Å². The molecule has 14 heavy (non-hydrogen) atoms. The van der Waals surface area contributed by atoms with E-state index >= 15 is 0 Å². The summed E-state index contributed by atoms with van der Waals surface area (Å²) in [5.74, 6) is 3.34. The molecule has 2 rings (SSSR count). The molecule has 3 nitrogen and oxygen atoms in total. The Morgan fingerprint density at radius 3 is 2.86 bits per heavy atom. The highest BCUT2D eigenvalue weighted by atomic mass is 32.1. The van der Waals surface area contributed by atoms with Crippen molar-refractivity contribution >= 4 is 12.6 Å². The summed E-state index contributed by atoms with van der Waals surface area (Å²) in [6, 6.07) is 0. The number of rotatable bonds is 2. The van der Waals surface area contributed by atoms with E-state index in [-0.39, 0.29) is 0 Å². The van der Waals surface area contributed by atoms with Crippen molar-refractivity contribution in [2.45, 2.75) is 5.92 Å². The second kappa shape index (κ2) is 3.95. The Labute approximate surface area is 90.5 Å². The van der Waals surface area contributed by atoms with Gasteiger partial charge in [0.1, 0.15) is 5.82 Å². The molecule has 0 radical (unpaired) electrons. The minimum absolute atomic E-state index is 0.553. The molecule has 78 valence electrons. The Morgan fingerprint density at radius 2 is 2.29 bits per heavy atom. The lowest BCUT2D eigenvalue weighted by Gasteiger charge is -2.15. The zero-order valence-electron chi connectivity index (χ0n) is 8.72. The van der Waals surface area contributed by atoms with Crippen molar-refractivity contribution in [3.63, 3.8) is 0 Å². The fraction of sp³-hybridized carbons (Fsp3) is 0.700. The standard InChI is InChI=1S/C10H17N3S/c1-12-5-8(7-14)9(6-12)10-11-3-4-13(10)2/h3-4,8-9,14H,5-7H2,1-2H3. The zero-order valence-corrected chi connectivity index (χ0v) is 9.61. The van der Waals surface area contributed by atoms with Crippen LogP contribution in [0.2, 0.25) is 0 Å². The van der Waals surface area contributed by atoms with Crippen molar-refractivity contribution in [1.29, 1.82) is 0 Å². The molecule has 0 aromatic carbocycles. The van der Waals surface area contributed by atoms with E-state index in [2.05, 4.69) is 41.2 Å².